The minimum absolute atomic E-state index is 0.154. The summed E-state index contributed by atoms with van der Waals surface area (Å²) in [5, 5.41) is 3.96. The van der Waals surface area contributed by atoms with Crippen LogP contribution in [-0.4, -0.2) is 35.3 Å². The molecule has 2 saturated heterocycles. The number of esters is 1. The Labute approximate surface area is 208 Å². The highest BCUT2D eigenvalue weighted by Crippen LogP contribution is 2.50. The van der Waals surface area contributed by atoms with E-state index in [1.165, 1.54) is 12.0 Å². The molecule has 6 nitrogen and oxygen atoms in total. The molecule has 4 atom stereocenters. The van der Waals surface area contributed by atoms with Crippen molar-refractivity contribution in [2.75, 3.05) is 7.11 Å². The second kappa shape index (κ2) is 9.29. The fourth-order valence-corrected chi connectivity index (χ4v) is 5.59. The number of nitrogens with one attached hydrogen (secondary N) is 1. The van der Waals surface area contributed by atoms with Gasteiger partial charge in [0, 0.05) is 17.5 Å². The van der Waals surface area contributed by atoms with Gasteiger partial charge in [0.2, 0.25) is 11.8 Å². The molecule has 2 fully saturated rings. The monoisotopic (exact) mass is 488 g/mol. The van der Waals surface area contributed by atoms with E-state index in [1.54, 1.807) is 12.1 Å². The van der Waals surface area contributed by atoms with Crippen molar-refractivity contribution in [1.82, 2.24) is 10.2 Å². The second-order valence-electron chi connectivity index (χ2n) is 9.05. The van der Waals surface area contributed by atoms with Crippen LogP contribution in [0.25, 0.3) is 0 Å². The molecule has 0 spiro atoms. The number of carbonyl (C=O) groups excluding carboxylic acids is 3. The quantitative estimate of drug-likeness (QED) is 0.420. The highest BCUT2D eigenvalue weighted by molar-refractivity contribution is 6.30. The van der Waals surface area contributed by atoms with Gasteiger partial charge in [-0.1, -0.05) is 84.4 Å². The van der Waals surface area contributed by atoms with Crippen LogP contribution in [0.3, 0.4) is 0 Å². The fourth-order valence-electron chi connectivity index (χ4n) is 5.46. The van der Waals surface area contributed by atoms with Crippen molar-refractivity contribution in [3.63, 3.8) is 0 Å². The molecule has 0 unspecified atom stereocenters. The average molecular weight is 489 g/mol. The smallest absolute Gasteiger partial charge is 0.327 e. The Kier molecular flexibility index (Phi) is 6.17. The summed E-state index contributed by atoms with van der Waals surface area (Å²) in [6.45, 7) is 0.154. The highest BCUT2D eigenvalue weighted by Gasteiger charge is 2.68. The highest BCUT2D eigenvalue weighted by atomic mass is 35.5. The summed E-state index contributed by atoms with van der Waals surface area (Å²) in [4.78, 5) is 42.4. The number of rotatable bonds is 6. The molecular formula is C28H25ClN2O4. The maximum atomic E-state index is 13.9. The van der Waals surface area contributed by atoms with Crippen LogP contribution in [0.5, 0.6) is 0 Å². The van der Waals surface area contributed by atoms with Gasteiger partial charge in [-0.2, -0.15) is 0 Å². The third kappa shape index (κ3) is 4.03. The molecule has 0 aliphatic carbocycles. The lowest BCUT2D eigenvalue weighted by Crippen LogP contribution is -2.57. The molecule has 1 N–H and O–H groups in total. The fraction of sp³-hybridized carbons (Fsp3) is 0.250. The molecule has 5 rings (SSSR count). The predicted octanol–water partition coefficient (Wildman–Crippen LogP) is 3.94. The first kappa shape index (κ1) is 23.3. The number of ether oxygens (including phenoxy) is 1. The van der Waals surface area contributed by atoms with E-state index in [0.717, 1.165) is 16.7 Å². The number of amides is 2. The lowest BCUT2D eigenvalue weighted by Gasteiger charge is -2.32. The standard InChI is InChI=1S/C28H25ClN2O4/c1-35-27(34)28(16-18-8-4-2-5-9-18)23-22(24(30-28)20-12-14-21(29)15-13-20)25(32)31(26(23)33)17-19-10-6-3-7-11-19/h2-15,22-24,30H,16-17H2,1H3/t22-,23-,24-,28+/m1/s1. The number of imide groups is 1. The number of hydrogen-bond acceptors (Lipinski definition) is 5. The zero-order valence-electron chi connectivity index (χ0n) is 19.2. The number of hydrogen-bond donors (Lipinski definition) is 1. The maximum absolute atomic E-state index is 13.9. The molecule has 0 saturated carbocycles. The largest absolute Gasteiger partial charge is 0.468 e. The first-order valence-electron chi connectivity index (χ1n) is 11.5. The molecule has 0 bridgehead atoms. The number of carbonyl (C=O) groups is 3. The predicted molar refractivity (Wildman–Crippen MR) is 131 cm³/mol. The van der Waals surface area contributed by atoms with Gasteiger partial charge in [-0.25, -0.2) is 0 Å². The first-order valence-corrected chi connectivity index (χ1v) is 11.9. The summed E-state index contributed by atoms with van der Waals surface area (Å²) in [7, 11) is 1.31. The van der Waals surface area contributed by atoms with Crippen molar-refractivity contribution in [3.8, 4) is 0 Å². The van der Waals surface area contributed by atoms with E-state index in [-0.39, 0.29) is 24.8 Å². The number of halogens is 1. The molecule has 3 aromatic rings. The third-order valence-electron chi connectivity index (χ3n) is 7.03. The molecular weight excluding hydrogens is 464 g/mol. The van der Waals surface area contributed by atoms with Gasteiger partial charge < -0.3 is 4.74 Å². The zero-order chi connectivity index (χ0) is 24.6. The van der Waals surface area contributed by atoms with Crippen molar-refractivity contribution < 1.29 is 19.1 Å². The van der Waals surface area contributed by atoms with E-state index in [1.807, 2.05) is 72.8 Å². The van der Waals surface area contributed by atoms with Crippen molar-refractivity contribution in [1.29, 1.82) is 0 Å². The molecule has 7 heteroatoms. The number of methoxy groups -OCH3 is 1. The van der Waals surface area contributed by atoms with Crippen molar-refractivity contribution in [2.24, 2.45) is 11.8 Å². The summed E-state index contributed by atoms with van der Waals surface area (Å²) < 4.78 is 5.25. The normalized spacial score (nSPS) is 25.5. The number of likely N-dealkylation sites (tertiary alicyclic amines) is 1. The Balaban J connectivity index is 1.62. The van der Waals surface area contributed by atoms with Crippen molar-refractivity contribution in [3.05, 3.63) is 107 Å². The van der Waals surface area contributed by atoms with Gasteiger partial charge in [-0.3, -0.25) is 24.6 Å². The third-order valence-corrected chi connectivity index (χ3v) is 7.29. The van der Waals surface area contributed by atoms with Gasteiger partial charge in [-0.05, 0) is 28.8 Å². The zero-order valence-corrected chi connectivity index (χ0v) is 19.9. The van der Waals surface area contributed by atoms with Crippen LogP contribution in [0.1, 0.15) is 22.7 Å². The number of fused-ring (bicyclic) bond motifs is 1. The minimum Gasteiger partial charge on any atom is -0.468 e. The van der Waals surface area contributed by atoms with Crippen molar-refractivity contribution in [2.45, 2.75) is 24.5 Å². The van der Waals surface area contributed by atoms with Crippen LogP contribution in [0.4, 0.5) is 0 Å². The summed E-state index contributed by atoms with van der Waals surface area (Å²) in [6.07, 6.45) is 0.212. The molecule has 2 aliphatic heterocycles. The van der Waals surface area contributed by atoms with Gasteiger partial charge in [0.15, 0.2) is 0 Å². The van der Waals surface area contributed by atoms with Crippen LogP contribution in [0.15, 0.2) is 84.9 Å². The van der Waals surface area contributed by atoms with Crippen LogP contribution < -0.4 is 5.32 Å². The Morgan fingerprint density at radius 1 is 0.914 bits per heavy atom. The van der Waals surface area contributed by atoms with Crippen LogP contribution in [0, 0.1) is 11.8 Å². The summed E-state index contributed by atoms with van der Waals surface area (Å²) in [5.41, 5.74) is 1.09. The Hall–Kier alpha value is -3.48. The lowest BCUT2D eigenvalue weighted by atomic mass is 9.76. The topological polar surface area (TPSA) is 75.7 Å². The SMILES string of the molecule is COC(=O)[C@@]1(Cc2ccccc2)N[C@H](c2ccc(Cl)cc2)[C@@H]2C(=O)N(Cc3ccccc3)C(=O)[C@@H]21. The lowest BCUT2D eigenvalue weighted by molar-refractivity contribution is -0.154. The van der Waals surface area contributed by atoms with Gasteiger partial charge in [0.05, 0.1) is 25.5 Å². The number of benzene rings is 3. The van der Waals surface area contributed by atoms with Gasteiger partial charge >= 0.3 is 5.97 Å². The van der Waals surface area contributed by atoms with E-state index in [9.17, 15) is 14.4 Å². The number of nitrogens with zero attached hydrogens (tertiary/aromatic N) is 1. The molecule has 2 aliphatic rings. The van der Waals surface area contributed by atoms with E-state index in [0.29, 0.717) is 5.02 Å². The summed E-state index contributed by atoms with van der Waals surface area (Å²) in [5.74, 6) is -2.89. The van der Waals surface area contributed by atoms with E-state index >= 15 is 0 Å². The van der Waals surface area contributed by atoms with E-state index < -0.39 is 29.4 Å². The minimum atomic E-state index is -1.40. The Morgan fingerprint density at radius 3 is 2.11 bits per heavy atom. The molecule has 0 aromatic heterocycles. The molecule has 35 heavy (non-hydrogen) atoms. The van der Waals surface area contributed by atoms with E-state index in [4.69, 9.17) is 16.3 Å². The summed E-state index contributed by atoms with van der Waals surface area (Å²) >= 11 is 6.11. The maximum Gasteiger partial charge on any atom is 0.327 e. The average Bonchev–Trinajstić information content (AvgIpc) is 3.35. The van der Waals surface area contributed by atoms with Gasteiger partial charge in [-0.15, -0.1) is 0 Å². The Morgan fingerprint density at radius 2 is 1.51 bits per heavy atom. The Bertz CT molecular complexity index is 1250. The van der Waals surface area contributed by atoms with Crippen molar-refractivity contribution >= 4 is 29.4 Å². The van der Waals surface area contributed by atoms with Gasteiger partial charge in [0.1, 0.15) is 5.54 Å². The molecule has 178 valence electrons. The molecule has 2 amide bonds. The molecule has 3 aromatic carbocycles. The van der Waals surface area contributed by atoms with E-state index in [2.05, 4.69) is 5.32 Å². The summed E-state index contributed by atoms with van der Waals surface area (Å²) in [6, 6.07) is 25.4. The molecule has 2 heterocycles. The first-order chi connectivity index (χ1) is 16.9. The second-order valence-corrected chi connectivity index (χ2v) is 9.49. The van der Waals surface area contributed by atoms with Crippen LogP contribution >= 0.6 is 11.6 Å². The van der Waals surface area contributed by atoms with Gasteiger partial charge in [0.25, 0.3) is 0 Å². The van der Waals surface area contributed by atoms with Crippen LogP contribution in [-0.2, 0) is 32.1 Å². The molecule has 0 radical (unpaired) electrons. The van der Waals surface area contributed by atoms with Crippen LogP contribution in [0.2, 0.25) is 5.02 Å².